The first-order valence-corrected chi connectivity index (χ1v) is 16.7. The van der Waals surface area contributed by atoms with Gasteiger partial charge in [-0.2, -0.15) is 0 Å². The lowest BCUT2D eigenvalue weighted by Crippen LogP contribution is -2.10. The molecule has 0 aliphatic carbocycles. The molecule has 0 fully saturated rings. The van der Waals surface area contributed by atoms with Gasteiger partial charge in [-0.3, -0.25) is 0 Å². The minimum atomic E-state index is 0.905. The topological polar surface area (TPSA) is 21.3 Å². The van der Waals surface area contributed by atoms with Crippen LogP contribution in [0, 0.1) is 0 Å². The third kappa shape index (κ3) is 4.44. The van der Waals surface area contributed by atoms with Crippen molar-refractivity contribution in [1.29, 1.82) is 0 Å². The number of para-hydroxylation sites is 3. The van der Waals surface area contributed by atoms with Gasteiger partial charge in [0.15, 0.2) is 0 Å². The molecule has 10 rings (SSSR count). The maximum Gasteiger partial charge on any atom is 0.136 e. The molecule has 0 N–H and O–H groups in total. The van der Waals surface area contributed by atoms with E-state index in [9.17, 15) is 0 Å². The highest BCUT2D eigenvalue weighted by Crippen LogP contribution is 2.41. The van der Waals surface area contributed by atoms with Gasteiger partial charge in [-0.15, -0.1) is 0 Å². The molecule has 0 aliphatic rings. The maximum absolute atomic E-state index is 6.21. The summed E-state index contributed by atoms with van der Waals surface area (Å²) < 4.78 is 8.59. The molecule has 230 valence electrons. The van der Waals surface area contributed by atoms with Crippen LogP contribution < -0.4 is 4.90 Å². The Morgan fingerprint density at radius 2 is 1.02 bits per heavy atom. The lowest BCUT2D eigenvalue weighted by Gasteiger charge is -2.27. The largest absolute Gasteiger partial charge is 0.456 e. The van der Waals surface area contributed by atoms with Gasteiger partial charge >= 0.3 is 0 Å². The zero-order valence-electron chi connectivity index (χ0n) is 26.6. The Kier molecular flexibility index (Phi) is 6.18. The normalized spacial score (nSPS) is 11.7. The number of anilines is 3. The zero-order valence-corrected chi connectivity index (χ0v) is 26.6. The molecule has 0 saturated carbocycles. The predicted octanol–water partition coefficient (Wildman–Crippen LogP) is 13.0. The molecule has 8 aromatic carbocycles. The van der Waals surface area contributed by atoms with Crippen LogP contribution in [0.1, 0.15) is 0 Å². The van der Waals surface area contributed by atoms with E-state index in [0.717, 1.165) is 50.3 Å². The van der Waals surface area contributed by atoms with Crippen molar-refractivity contribution in [2.24, 2.45) is 0 Å². The van der Waals surface area contributed by atoms with Crippen LogP contribution in [0.5, 0.6) is 0 Å². The molecule has 0 bridgehead atoms. The zero-order chi connectivity index (χ0) is 32.3. The van der Waals surface area contributed by atoms with E-state index in [2.05, 4.69) is 179 Å². The lowest BCUT2D eigenvalue weighted by atomic mass is 9.99. The van der Waals surface area contributed by atoms with E-state index < -0.39 is 0 Å². The molecule has 10 aromatic rings. The second kappa shape index (κ2) is 11.0. The summed E-state index contributed by atoms with van der Waals surface area (Å²) in [6, 6.07) is 65.1. The summed E-state index contributed by atoms with van der Waals surface area (Å²) in [5, 5.41) is 7.23. The molecule has 3 heteroatoms. The van der Waals surface area contributed by atoms with Gasteiger partial charge in [-0.25, -0.2) is 0 Å². The summed E-state index contributed by atoms with van der Waals surface area (Å²) in [5.41, 5.74) is 10.9. The summed E-state index contributed by atoms with van der Waals surface area (Å²) in [6.07, 6.45) is 0. The smallest absolute Gasteiger partial charge is 0.136 e. The van der Waals surface area contributed by atoms with Crippen LogP contribution in [0.3, 0.4) is 0 Å². The first-order chi connectivity index (χ1) is 24.3. The average Bonchev–Trinajstić information content (AvgIpc) is 3.71. The standard InChI is InChI=1S/C46H30N2O/c1-2-12-33-29-37(28-23-31(33)11-1)47(34-26-24-32(25-27-34)38-18-10-22-45-46(38)41-17-5-8-21-44(41)49-45)35-13-9-14-36(30-35)48-42-19-6-3-15-39(42)40-16-4-7-20-43(40)48/h1-30H. The number of rotatable bonds is 5. The fraction of sp³-hybridized carbons (Fsp3) is 0. The molecule has 3 nitrogen and oxygen atoms in total. The van der Waals surface area contributed by atoms with Gasteiger partial charge in [0.05, 0.1) is 11.0 Å². The fourth-order valence-electron chi connectivity index (χ4n) is 7.54. The molecule has 0 spiro atoms. The van der Waals surface area contributed by atoms with Crippen molar-refractivity contribution in [3.05, 3.63) is 182 Å². The van der Waals surface area contributed by atoms with Crippen molar-refractivity contribution >= 4 is 71.6 Å². The van der Waals surface area contributed by atoms with Crippen LogP contribution in [0.25, 0.3) is 71.3 Å². The first-order valence-electron chi connectivity index (χ1n) is 16.7. The molecular formula is C46H30N2O. The van der Waals surface area contributed by atoms with E-state index in [-0.39, 0.29) is 0 Å². The summed E-state index contributed by atoms with van der Waals surface area (Å²) >= 11 is 0. The Balaban J connectivity index is 1.14. The van der Waals surface area contributed by atoms with Gasteiger partial charge in [0.25, 0.3) is 0 Å². The van der Waals surface area contributed by atoms with Gasteiger partial charge in [0, 0.05) is 44.3 Å². The van der Waals surface area contributed by atoms with Crippen LogP contribution >= 0.6 is 0 Å². The van der Waals surface area contributed by atoms with Crippen molar-refractivity contribution in [1.82, 2.24) is 4.57 Å². The summed E-state index contributed by atoms with van der Waals surface area (Å²) in [6.45, 7) is 0. The molecule has 0 saturated heterocycles. The number of furan rings is 1. The molecule has 0 amide bonds. The average molecular weight is 627 g/mol. The predicted molar refractivity (Wildman–Crippen MR) is 206 cm³/mol. The van der Waals surface area contributed by atoms with E-state index in [1.807, 2.05) is 12.1 Å². The van der Waals surface area contributed by atoms with Crippen LogP contribution in [0.2, 0.25) is 0 Å². The van der Waals surface area contributed by atoms with Crippen molar-refractivity contribution in [2.75, 3.05) is 4.90 Å². The highest BCUT2D eigenvalue weighted by molar-refractivity contribution is 6.12. The third-order valence-corrected chi connectivity index (χ3v) is 9.76. The van der Waals surface area contributed by atoms with Crippen LogP contribution in [0.15, 0.2) is 186 Å². The molecule has 0 unspecified atom stereocenters. The molecule has 2 heterocycles. The van der Waals surface area contributed by atoms with Crippen molar-refractivity contribution < 1.29 is 4.42 Å². The van der Waals surface area contributed by atoms with Gasteiger partial charge in [0.1, 0.15) is 11.2 Å². The van der Waals surface area contributed by atoms with E-state index in [0.29, 0.717) is 0 Å². The quantitative estimate of drug-likeness (QED) is 0.190. The minimum Gasteiger partial charge on any atom is -0.456 e. The Morgan fingerprint density at radius 3 is 1.82 bits per heavy atom. The lowest BCUT2D eigenvalue weighted by molar-refractivity contribution is 0.669. The molecule has 2 aromatic heterocycles. The molecule has 49 heavy (non-hydrogen) atoms. The summed E-state index contributed by atoms with van der Waals surface area (Å²) in [5.74, 6) is 0. The van der Waals surface area contributed by atoms with E-state index >= 15 is 0 Å². The summed E-state index contributed by atoms with van der Waals surface area (Å²) in [7, 11) is 0. The van der Waals surface area contributed by atoms with Crippen molar-refractivity contribution in [3.8, 4) is 16.8 Å². The third-order valence-electron chi connectivity index (χ3n) is 9.76. The number of nitrogens with zero attached hydrogens (tertiary/aromatic N) is 2. The highest BCUT2D eigenvalue weighted by Gasteiger charge is 2.18. The Bertz CT molecular complexity index is 2790. The number of aromatic nitrogens is 1. The minimum absolute atomic E-state index is 0.905. The fourth-order valence-corrected chi connectivity index (χ4v) is 7.54. The summed E-state index contributed by atoms with van der Waals surface area (Å²) in [4.78, 5) is 2.36. The number of benzene rings is 8. The monoisotopic (exact) mass is 626 g/mol. The number of hydrogen-bond acceptors (Lipinski definition) is 2. The van der Waals surface area contributed by atoms with E-state index in [1.165, 1.54) is 38.1 Å². The second-order valence-corrected chi connectivity index (χ2v) is 12.6. The number of hydrogen-bond donors (Lipinski definition) is 0. The Hall–Kier alpha value is -6.58. The molecule has 0 atom stereocenters. The van der Waals surface area contributed by atoms with Crippen LogP contribution in [0.4, 0.5) is 17.1 Å². The van der Waals surface area contributed by atoms with Crippen molar-refractivity contribution in [2.45, 2.75) is 0 Å². The van der Waals surface area contributed by atoms with Gasteiger partial charge in [-0.1, -0.05) is 115 Å². The van der Waals surface area contributed by atoms with Crippen molar-refractivity contribution in [3.63, 3.8) is 0 Å². The Morgan fingerprint density at radius 1 is 0.408 bits per heavy atom. The molecular weight excluding hydrogens is 597 g/mol. The van der Waals surface area contributed by atoms with E-state index in [1.54, 1.807) is 0 Å². The molecule has 0 aliphatic heterocycles. The van der Waals surface area contributed by atoms with Gasteiger partial charge in [0.2, 0.25) is 0 Å². The first kappa shape index (κ1) is 27.5. The maximum atomic E-state index is 6.21. The second-order valence-electron chi connectivity index (χ2n) is 12.6. The van der Waals surface area contributed by atoms with Gasteiger partial charge < -0.3 is 13.9 Å². The highest BCUT2D eigenvalue weighted by atomic mass is 16.3. The Labute approximate surface area is 283 Å². The number of fused-ring (bicyclic) bond motifs is 7. The van der Waals surface area contributed by atoms with Crippen LogP contribution in [-0.4, -0.2) is 4.57 Å². The van der Waals surface area contributed by atoms with E-state index in [4.69, 9.17) is 4.42 Å². The molecule has 0 radical (unpaired) electrons. The SMILES string of the molecule is c1cc(N(c2ccc(-c3cccc4oc5ccccc5c34)cc2)c2ccc3ccccc3c2)cc(-n2c3ccccc3c3ccccc32)c1. The van der Waals surface area contributed by atoms with Crippen LogP contribution in [-0.2, 0) is 0 Å². The van der Waals surface area contributed by atoms with Gasteiger partial charge in [-0.05, 0) is 88.6 Å².